The minimum Gasteiger partial charge on any atom is -0.311 e. The maximum atomic E-state index is 12.6. The lowest BCUT2D eigenvalue weighted by atomic mass is 9.82. The Morgan fingerprint density at radius 1 is 1.07 bits per heavy atom. The van der Waals surface area contributed by atoms with Crippen molar-refractivity contribution in [2.45, 2.75) is 18.9 Å². The van der Waals surface area contributed by atoms with Gasteiger partial charge in [0.15, 0.2) is 0 Å². The molecule has 2 aromatic heterocycles. The molecule has 27 heavy (non-hydrogen) atoms. The molecule has 1 saturated heterocycles. The summed E-state index contributed by atoms with van der Waals surface area (Å²) in [5, 5.41) is 1.19. The van der Waals surface area contributed by atoms with E-state index in [9.17, 15) is 13.2 Å². The van der Waals surface area contributed by atoms with Gasteiger partial charge in [0.05, 0.1) is 6.26 Å². The standard InChI is InChI=1S/C20H20N2O3S2/c1-27(24,25)21-10-13-8-15(12-21)20-16(6-7-19(23)22(20)11-13)18-9-14-4-2-3-5-17(14)26-18/h2-7,9,13,15H,8,10-12H2,1H3. The zero-order valence-electron chi connectivity index (χ0n) is 15.0. The van der Waals surface area contributed by atoms with Crippen molar-refractivity contribution >= 4 is 31.4 Å². The summed E-state index contributed by atoms with van der Waals surface area (Å²) in [7, 11) is -3.23. The number of nitrogens with zero attached hydrogens (tertiary/aromatic N) is 2. The Morgan fingerprint density at radius 2 is 1.89 bits per heavy atom. The highest BCUT2D eigenvalue weighted by molar-refractivity contribution is 7.88. The Bertz CT molecular complexity index is 1180. The van der Waals surface area contributed by atoms with Crippen molar-refractivity contribution in [2.75, 3.05) is 19.3 Å². The molecule has 0 aliphatic carbocycles. The molecular formula is C20H20N2O3S2. The molecule has 7 heteroatoms. The van der Waals surface area contributed by atoms with Gasteiger partial charge in [0.2, 0.25) is 10.0 Å². The van der Waals surface area contributed by atoms with Gasteiger partial charge in [-0.25, -0.2) is 12.7 Å². The number of sulfonamides is 1. The molecule has 3 aromatic rings. The van der Waals surface area contributed by atoms with Gasteiger partial charge in [-0.15, -0.1) is 11.3 Å². The van der Waals surface area contributed by atoms with Crippen molar-refractivity contribution in [2.24, 2.45) is 5.92 Å². The van der Waals surface area contributed by atoms with E-state index in [1.165, 1.54) is 16.3 Å². The fourth-order valence-electron chi connectivity index (χ4n) is 4.56. The summed E-state index contributed by atoms with van der Waals surface area (Å²) in [4.78, 5) is 13.7. The minimum absolute atomic E-state index is 0.0115. The van der Waals surface area contributed by atoms with Gasteiger partial charge in [0.1, 0.15) is 0 Å². The van der Waals surface area contributed by atoms with Crippen LogP contribution in [-0.2, 0) is 16.6 Å². The number of fused-ring (bicyclic) bond motifs is 5. The first-order valence-electron chi connectivity index (χ1n) is 9.08. The number of pyridine rings is 1. The molecule has 5 rings (SSSR count). The SMILES string of the molecule is CS(=O)(=O)N1CC2CC(C1)c1c(-c3cc4ccccc4s3)ccc(=O)n1C2. The van der Waals surface area contributed by atoms with Gasteiger partial charge in [0, 0.05) is 52.5 Å². The molecule has 1 fully saturated rings. The molecule has 0 N–H and O–H groups in total. The van der Waals surface area contributed by atoms with Crippen LogP contribution in [0.15, 0.2) is 47.3 Å². The van der Waals surface area contributed by atoms with Gasteiger partial charge in [0.25, 0.3) is 5.56 Å². The fraction of sp³-hybridized carbons (Fsp3) is 0.350. The molecular weight excluding hydrogens is 380 g/mol. The van der Waals surface area contributed by atoms with Crippen LogP contribution in [0.1, 0.15) is 18.0 Å². The maximum absolute atomic E-state index is 12.6. The molecule has 2 aliphatic heterocycles. The Kier molecular flexibility index (Phi) is 3.83. The van der Waals surface area contributed by atoms with Crippen LogP contribution >= 0.6 is 11.3 Å². The molecule has 0 amide bonds. The Labute approximate surface area is 161 Å². The number of hydrogen-bond donors (Lipinski definition) is 0. The van der Waals surface area contributed by atoms with Crippen molar-refractivity contribution in [3.8, 4) is 10.4 Å². The normalized spacial score (nSPS) is 22.7. The van der Waals surface area contributed by atoms with E-state index in [-0.39, 0.29) is 17.4 Å². The molecule has 2 aliphatic rings. The summed E-state index contributed by atoms with van der Waals surface area (Å²) in [5.74, 6) is 0.252. The summed E-state index contributed by atoms with van der Waals surface area (Å²) >= 11 is 1.72. The third-order valence-corrected chi connectivity index (χ3v) is 8.10. The number of aromatic nitrogens is 1. The largest absolute Gasteiger partial charge is 0.311 e. The zero-order chi connectivity index (χ0) is 18.8. The van der Waals surface area contributed by atoms with E-state index < -0.39 is 10.0 Å². The second-order valence-corrected chi connectivity index (χ2v) is 10.7. The summed E-state index contributed by atoms with van der Waals surface area (Å²) in [6, 6.07) is 14.0. The second kappa shape index (κ2) is 6.02. The highest BCUT2D eigenvalue weighted by Gasteiger charge is 2.39. The van der Waals surface area contributed by atoms with Crippen molar-refractivity contribution < 1.29 is 8.42 Å². The lowest BCUT2D eigenvalue weighted by Gasteiger charge is -2.42. The highest BCUT2D eigenvalue weighted by atomic mass is 32.2. The fourth-order valence-corrected chi connectivity index (χ4v) is 6.59. The molecule has 4 heterocycles. The number of rotatable bonds is 2. The van der Waals surface area contributed by atoms with Crippen LogP contribution in [0.4, 0.5) is 0 Å². The molecule has 0 saturated carbocycles. The third kappa shape index (κ3) is 2.85. The van der Waals surface area contributed by atoms with E-state index >= 15 is 0 Å². The van der Waals surface area contributed by atoms with E-state index in [0.29, 0.717) is 19.6 Å². The monoisotopic (exact) mass is 400 g/mol. The van der Waals surface area contributed by atoms with Crippen LogP contribution in [0.2, 0.25) is 0 Å². The quantitative estimate of drug-likeness (QED) is 0.664. The number of thiophene rings is 1. The Balaban J connectivity index is 1.68. The van der Waals surface area contributed by atoms with Crippen molar-refractivity contribution in [1.29, 1.82) is 0 Å². The van der Waals surface area contributed by atoms with Crippen molar-refractivity contribution in [3.63, 3.8) is 0 Å². The van der Waals surface area contributed by atoms with Gasteiger partial charge >= 0.3 is 0 Å². The molecule has 2 bridgehead atoms. The van der Waals surface area contributed by atoms with Gasteiger partial charge in [-0.05, 0) is 35.9 Å². The van der Waals surface area contributed by atoms with Gasteiger partial charge < -0.3 is 4.57 Å². The molecule has 5 nitrogen and oxygen atoms in total. The van der Waals surface area contributed by atoms with Gasteiger partial charge in [-0.1, -0.05) is 18.2 Å². The third-order valence-electron chi connectivity index (χ3n) is 5.72. The molecule has 2 unspecified atom stereocenters. The lowest BCUT2D eigenvalue weighted by molar-refractivity contribution is 0.187. The smallest absolute Gasteiger partial charge is 0.250 e. The van der Waals surface area contributed by atoms with E-state index in [0.717, 1.165) is 22.6 Å². The number of hydrogen-bond acceptors (Lipinski definition) is 4. The zero-order valence-corrected chi connectivity index (χ0v) is 16.6. The van der Waals surface area contributed by atoms with E-state index in [4.69, 9.17) is 0 Å². The Morgan fingerprint density at radius 3 is 2.67 bits per heavy atom. The topological polar surface area (TPSA) is 59.4 Å². The van der Waals surface area contributed by atoms with E-state index in [1.807, 2.05) is 22.8 Å². The summed E-state index contributed by atoms with van der Waals surface area (Å²) < 4.78 is 28.9. The summed E-state index contributed by atoms with van der Waals surface area (Å²) in [5.41, 5.74) is 2.07. The second-order valence-electron chi connectivity index (χ2n) is 7.61. The van der Waals surface area contributed by atoms with Gasteiger partial charge in [-0.2, -0.15) is 0 Å². The predicted octanol–water partition coefficient (Wildman–Crippen LogP) is 3.11. The van der Waals surface area contributed by atoms with Crippen LogP contribution in [0.5, 0.6) is 0 Å². The van der Waals surface area contributed by atoms with Crippen LogP contribution in [0.25, 0.3) is 20.5 Å². The average molecular weight is 401 g/mol. The molecule has 0 radical (unpaired) electrons. The lowest BCUT2D eigenvalue weighted by Crippen LogP contribution is -2.49. The van der Waals surface area contributed by atoms with E-state index in [2.05, 4.69) is 18.2 Å². The maximum Gasteiger partial charge on any atom is 0.250 e. The molecule has 0 spiro atoms. The summed E-state index contributed by atoms with van der Waals surface area (Å²) in [6.07, 6.45) is 2.21. The van der Waals surface area contributed by atoms with Crippen molar-refractivity contribution in [1.82, 2.24) is 8.87 Å². The minimum atomic E-state index is -3.23. The van der Waals surface area contributed by atoms with Crippen LogP contribution in [0.3, 0.4) is 0 Å². The molecule has 140 valence electrons. The van der Waals surface area contributed by atoms with E-state index in [1.54, 1.807) is 21.7 Å². The van der Waals surface area contributed by atoms with Crippen LogP contribution < -0.4 is 5.56 Å². The summed E-state index contributed by atoms with van der Waals surface area (Å²) in [6.45, 7) is 1.56. The first-order chi connectivity index (χ1) is 12.9. The van der Waals surface area contributed by atoms with Crippen LogP contribution in [0, 0.1) is 5.92 Å². The average Bonchev–Trinajstić information content (AvgIpc) is 3.05. The highest BCUT2D eigenvalue weighted by Crippen LogP contribution is 2.43. The number of piperidine rings is 1. The first-order valence-corrected chi connectivity index (χ1v) is 11.7. The van der Waals surface area contributed by atoms with Crippen molar-refractivity contribution in [3.05, 3.63) is 58.5 Å². The molecule has 2 atom stereocenters. The first kappa shape index (κ1) is 17.2. The number of benzene rings is 1. The van der Waals surface area contributed by atoms with Crippen LogP contribution in [-0.4, -0.2) is 36.6 Å². The predicted molar refractivity (Wildman–Crippen MR) is 109 cm³/mol. The Hall–Kier alpha value is -1.96. The van der Waals surface area contributed by atoms with Gasteiger partial charge in [-0.3, -0.25) is 4.79 Å². The molecule has 1 aromatic carbocycles.